The number of nitrogens with zero attached hydrogens (tertiary/aromatic N) is 1. The molecule has 1 fully saturated rings. The first-order valence-electron chi connectivity index (χ1n) is 6.18. The Morgan fingerprint density at radius 2 is 2.19 bits per heavy atom. The highest BCUT2D eigenvalue weighted by atomic mass is 19.2. The topological polar surface area (TPSA) is 151 Å². The molecule has 0 aromatic carbocycles. The van der Waals surface area contributed by atoms with Gasteiger partial charge in [-0.1, -0.05) is 0 Å². The van der Waals surface area contributed by atoms with Gasteiger partial charge in [0, 0.05) is 12.3 Å². The average Bonchev–Trinajstić information content (AvgIpc) is 2.61. The molecule has 1 aromatic rings. The molecular formula is C11H16FN3O6. The molecule has 0 unspecified atom stereocenters. The van der Waals surface area contributed by atoms with Crippen LogP contribution in [0.25, 0.3) is 0 Å². The molecule has 6 N–H and O–H groups in total. The minimum Gasteiger partial charge on any atom is -0.393 e. The molecule has 118 valence electrons. The Bertz CT molecular complexity index is 629. The molecule has 0 saturated carbocycles. The van der Waals surface area contributed by atoms with E-state index in [-0.39, 0.29) is 13.0 Å². The molecule has 4 atom stereocenters. The Labute approximate surface area is 117 Å². The van der Waals surface area contributed by atoms with E-state index in [9.17, 15) is 29.3 Å². The van der Waals surface area contributed by atoms with Gasteiger partial charge in [0.15, 0.2) is 0 Å². The van der Waals surface area contributed by atoms with E-state index in [1.54, 1.807) is 0 Å². The molecule has 0 amide bonds. The molecule has 21 heavy (non-hydrogen) atoms. The van der Waals surface area contributed by atoms with Crippen LogP contribution < -0.4 is 17.0 Å². The predicted octanol–water partition coefficient (Wildman–Crippen LogP) is -2.84. The molecule has 1 aromatic heterocycles. The van der Waals surface area contributed by atoms with Crippen LogP contribution in [0, 0.1) is 0 Å². The summed E-state index contributed by atoms with van der Waals surface area (Å²) in [5, 5.41) is 29.1. The van der Waals surface area contributed by atoms with E-state index in [0.29, 0.717) is 4.57 Å². The van der Waals surface area contributed by atoms with Gasteiger partial charge in [0.05, 0.1) is 6.61 Å². The Kier molecular flexibility index (Phi) is 4.00. The number of H-pyrrole nitrogens is 1. The fraction of sp³-hybridized carbons (Fsp3) is 0.636. The molecule has 0 radical (unpaired) electrons. The summed E-state index contributed by atoms with van der Waals surface area (Å²) in [6.07, 6.45) is -3.29. The highest BCUT2D eigenvalue weighted by Gasteiger charge is 2.64. The third kappa shape index (κ3) is 2.40. The maximum absolute atomic E-state index is 14.4. The van der Waals surface area contributed by atoms with Crippen LogP contribution in [0.1, 0.15) is 12.6 Å². The normalized spacial score (nSPS) is 36.0. The number of rotatable bonds is 4. The summed E-state index contributed by atoms with van der Waals surface area (Å²) in [5.74, 6) is -3.35. The standard InChI is InChI=1S/C11H16FN3O6/c12-11(20)7(18)10(5-16,2-3-13)21-8(11)15-4-1-6(17)14-9(15)19/h1,4,7-8,16,18,20H,2-3,5,13H2,(H,14,17,19)/t7-,8-,10-,11-/m1/s1. The predicted molar refractivity (Wildman–Crippen MR) is 67.0 cm³/mol. The number of aliphatic hydroxyl groups excluding tert-OH is 2. The number of alkyl halides is 1. The van der Waals surface area contributed by atoms with Crippen molar-refractivity contribution in [3.05, 3.63) is 33.1 Å². The summed E-state index contributed by atoms with van der Waals surface area (Å²) in [7, 11) is 0. The number of nitrogens with two attached hydrogens (primary N) is 1. The molecule has 10 heteroatoms. The van der Waals surface area contributed by atoms with Crippen LogP contribution in [0.15, 0.2) is 21.9 Å². The highest BCUT2D eigenvalue weighted by Crippen LogP contribution is 2.46. The zero-order chi connectivity index (χ0) is 15.8. The molecule has 2 heterocycles. The molecule has 9 nitrogen and oxygen atoms in total. The molecule has 1 saturated heterocycles. The first-order chi connectivity index (χ1) is 9.78. The zero-order valence-corrected chi connectivity index (χ0v) is 10.9. The van der Waals surface area contributed by atoms with E-state index >= 15 is 0 Å². The van der Waals surface area contributed by atoms with Crippen LogP contribution in [0.4, 0.5) is 4.39 Å². The molecule has 0 bridgehead atoms. The van der Waals surface area contributed by atoms with E-state index in [1.807, 2.05) is 4.98 Å². The third-order valence-corrected chi connectivity index (χ3v) is 3.51. The Morgan fingerprint density at radius 1 is 1.52 bits per heavy atom. The number of hydrogen-bond donors (Lipinski definition) is 5. The van der Waals surface area contributed by atoms with Crippen molar-refractivity contribution in [2.24, 2.45) is 5.73 Å². The number of hydrogen-bond acceptors (Lipinski definition) is 7. The second-order valence-electron chi connectivity index (χ2n) is 4.88. The number of aliphatic hydroxyl groups is 3. The van der Waals surface area contributed by atoms with Crippen LogP contribution in [0.5, 0.6) is 0 Å². The Balaban J connectivity index is 2.50. The van der Waals surface area contributed by atoms with Gasteiger partial charge < -0.3 is 25.8 Å². The fourth-order valence-corrected chi connectivity index (χ4v) is 2.38. The maximum atomic E-state index is 14.4. The summed E-state index contributed by atoms with van der Waals surface area (Å²) in [6.45, 7) is -0.868. The largest absolute Gasteiger partial charge is 0.393 e. The van der Waals surface area contributed by atoms with Crippen molar-refractivity contribution in [2.45, 2.75) is 30.2 Å². The monoisotopic (exact) mass is 305 g/mol. The average molecular weight is 305 g/mol. The van der Waals surface area contributed by atoms with Crippen molar-refractivity contribution in [1.29, 1.82) is 0 Å². The van der Waals surface area contributed by atoms with Crippen molar-refractivity contribution < 1.29 is 24.4 Å². The van der Waals surface area contributed by atoms with Crippen LogP contribution >= 0.6 is 0 Å². The van der Waals surface area contributed by atoms with E-state index in [1.165, 1.54) is 0 Å². The van der Waals surface area contributed by atoms with Gasteiger partial charge in [-0.05, 0) is 13.0 Å². The lowest BCUT2D eigenvalue weighted by molar-refractivity contribution is -0.197. The van der Waals surface area contributed by atoms with E-state index < -0.39 is 41.6 Å². The van der Waals surface area contributed by atoms with Crippen LogP contribution in [-0.2, 0) is 4.74 Å². The Hall–Kier alpha value is -1.59. The lowest BCUT2D eigenvalue weighted by atomic mass is 9.91. The SMILES string of the molecule is NCC[C@]1(CO)O[C@@H](n2ccc(=O)[nH]c2=O)[C@@](O)(F)[C@@H]1O. The molecule has 1 aliphatic heterocycles. The zero-order valence-electron chi connectivity index (χ0n) is 10.9. The van der Waals surface area contributed by atoms with Crippen molar-refractivity contribution in [2.75, 3.05) is 13.2 Å². The number of halogens is 1. The number of ether oxygens (including phenoxy) is 1. The van der Waals surface area contributed by atoms with E-state index in [2.05, 4.69) is 0 Å². The summed E-state index contributed by atoms with van der Waals surface area (Å²) in [5.41, 5.74) is 1.74. The van der Waals surface area contributed by atoms with Crippen LogP contribution in [-0.4, -0.2) is 55.6 Å². The van der Waals surface area contributed by atoms with Gasteiger partial charge in [-0.3, -0.25) is 14.3 Å². The second-order valence-corrected chi connectivity index (χ2v) is 4.88. The van der Waals surface area contributed by atoms with Gasteiger partial charge in [0.1, 0.15) is 11.7 Å². The third-order valence-electron chi connectivity index (χ3n) is 3.51. The van der Waals surface area contributed by atoms with Gasteiger partial charge in [-0.2, -0.15) is 0 Å². The maximum Gasteiger partial charge on any atom is 0.330 e. The lowest BCUT2D eigenvalue weighted by Gasteiger charge is -2.29. The van der Waals surface area contributed by atoms with Crippen molar-refractivity contribution >= 4 is 0 Å². The van der Waals surface area contributed by atoms with Gasteiger partial charge >= 0.3 is 5.69 Å². The second kappa shape index (κ2) is 5.31. The first kappa shape index (κ1) is 15.8. The van der Waals surface area contributed by atoms with Gasteiger partial charge in [-0.15, -0.1) is 0 Å². The summed E-state index contributed by atoms with van der Waals surface area (Å²) < 4.78 is 20.2. The smallest absolute Gasteiger partial charge is 0.330 e. The van der Waals surface area contributed by atoms with Crippen molar-refractivity contribution in [1.82, 2.24) is 9.55 Å². The number of aromatic nitrogens is 2. The van der Waals surface area contributed by atoms with Gasteiger partial charge in [0.2, 0.25) is 6.23 Å². The minimum absolute atomic E-state index is 0.0546. The first-order valence-corrected chi connectivity index (χ1v) is 6.18. The summed E-state index contributed by atoms with van der Waals surface area (Å²) in [4.78, 5) is 24.5. The minimum atomic E-state index is -3.35. The van der Waals surface area contributed by atoms with Crippen molar-refractivity contribution in [3.8, 4) is 0 Å². The van der Waals surface area contributed by atoms with Gasteiger partial charge in [0.25, 0.3) is 11.4 Å². The Morgan fingerprint density at radius 3 is 2.71 bits per heavy atom. The fourth-order valence-electron chi connectivity index (χ4n) is 2.38. The van der Waals surface area contributed by atoms with Crippen LogP contribution in [0.3, 0.4) is 0 Å². The van der Waals surface area contributed by atoms with Gasteiger partial charge in [-0.25, -0.2) is 9.18 Å². The number of aromatic amines is 1. The highest BCUT2D eigenvalue weighted by molar-refractivity contribution is 5.06. The summed E-state index contributed by atoms with van der Waals surface area (Å²) in [6, 6.07) is 0.926. The number of nitrogens with one attached hydrogen (secondary N) is 1. The summed E-state index contributed by atoms with van der Waals surface area (Å²) >= 11 is 0. The lowest BCUT2D eigenvalue weighted by Crippen LogP contribution is -2.51. The molecular weight excluding hydrogens is 289 g/mol. The molecule has 0 aliphatic carbocycles. The molecule has 0 spiro atoms. The quantitative estimate of drug-likeness (QED) is 0.402. The van der Waals surface area contributed by atoms with Crippen molar-refractivity contribution in [3.63, 3.8) is 0 Å². The van der Waals surface area contributed by atoms with Crippen LogP contribution in [0.2, 0.25) is 0 Å². The molecule has 1 aliphatic rings. The van der Waals surface area contributed by atoms with E-state index in [0.717, 1.165) is 12.3 Å². The molecule has 2 rings (SSSR count). The van der Waals surface area contributed by atoms with E-state index in [4.69, 9.17) is 10.5 Å².